The summed E-state index contributed by atoms with van der Waals surface area (Å²) in [5.74, 6) is 1.82. The summed E-state index contributed by atoms with van der Waals surface area (Å²) < 4.78 is 0. The molecular formula is C20H33IN4. The molecule has 2 heterocycles. The number of nitrogens with one attached hydrogen (secondary N) is 1. The predicted octanol–water partition coefficient (Wildman–Crippen LogP) is 3.36. The number of hydrogen-bond donors (Lipinski definition) is 1. The van der Waals surface area contributed by atoms with E-state index in [0.717, 1.165) is 44.5 Å². The Morgan fingerprint density at radius 1 is 1.20 bits per heavy atom. The summed E-state index contributed by atoms with van der Waals surface area (Å²) in [7, 11) is 0. The summed E-state index contributed by atoms with van der Waals surface area (Å²) in [5, 5.41) is 3.51. The number of nitrogens with zero attached hydrogens (tertiary/aromatic N) is 3. The summed E-state index contributed by atoms with van der Waals surface area (Å²) in [6, 6.07) is 8.81. The molecule has 2 aliphatic heterocycles. The zero-order valence-electron chi connectivity index (χ0n) is 15.7. The van der Waals surface area contributed by atoms with E-state index in [4.69, 9.17) is 4.99 Å². The Morgan fingerprint density at radius 2 is 2.00 bits per heavy atom. The minimum absolute atomic E-state index is 0. The molecule has 5 heteroatoms. The van der Waals surface area contributed by atoms with E-state index in [1.807, 2.05) is 0 Å². The van der Waals surface area contributed by atoms with Crippen molar-refractivity contribution in [3.05, 3.63) is 35.4 Å². The van der Waals surface area contributed by atoms with Crippen LogP contribution < -0.4 is 5.32 Å². The van der Waals surface area contributed by atoms with Crippen molar-refractivity contribution in [1.82, 2.24) is 15.1 Å². The molecule has 2 aliphatic rings. The van der Waals surface area contributed by atoms with Crippen molar-refractivity contribution in [2.24, 2.45) is 10.9 Å². The highest BCUT2D eigenvalue weighted by Gasteiger charge is 2.23. The highest BCUT2D eigenvalue weighted by atomic mass is 127. The molecular weight excluding hydrogens is 423 g/mol. The van der Waals surface area contributed by atoms with Gasteiger partial charge in [0, 0.05) is 32.7 Å². The summed E-state index contributed by atoms with van der Waals surface area (Å²) in [6.07, 6.45) is 3.67. The molecule has 0 aromatic heterocycles. The molecule has 1 atom stereocenters. The molecule has 1 N–H and O–H groups in total. The van der Waals surface area contributed by atoms with Gasteiger partial charge in [0.25, 0.3) is 0 Å². The van der Waals surface area contributed by atoms with E-state index in [1.165, 1.54) is 43.6 Å². The fraction of sp³-hybridized carbons (Fsp3) is 0.650. The monoisotopic (exact) mass is 456 g/mol. The van der Waals surface area contributed by atoms with E-state index in [2.05, 4.69) is 53.2 Å². The first-order valence-corrected chi connectivity index (χ1v) is 9.62. The molecule has 1 saturated heterocycles. The van der Waals surface area contributed by atoms with Gasteiger partial charge in [0.15, 0.2) is 5.96 Å². The third-order valence-corrected chi connectivity index (χ3v) is 5.17. The third kappa shape index (κ3) is 5.58. The molecule has 0 amide bonds. The predicted molar refractivity (Wildman–Crippen MR) is 117 cm³/mol. The molecule has 1 fully saturated rings. The molecule has 1 aromatic carbocycles. The molecule has 0 aliphatic carbocycles. The van der Waals surface area contributed by atoms with E-state index in [9.17, 15) is 0 Å². The molecule has 1 unspecified atom stereocenters. The van der Waals surface area contributed by atoms with Gasteiger partial charge in [0.1, 0.15) is 0 Å². The van der Waals surface area contributed by atoms with Crippen molar-refractivity contribution < 1.29 is 0 Å². The van der Waals surface area contributed by atoms with Crippen LogP contribution in [-0.2, 0) is 13.0 Å². The van der Waals surface area contributed by atoms with Crippen molar-refractivity contribution in [2.45, 2.75) is 39.7 Å². The van der Waals surface area contributed by atoms with Gasteiger partial charge in [-0.25, -0.2) is 0 Å². The largest absolute Gasteiger partial charge is 0.357 e. The molecule has 0 bridgehead atoms. The number of guanidine groups is 1. The number of likely N-dealkylation sites (tertiary alicyclic amines) is 1. The van der Waals surface area contributed by atoms with Gasteiger partial charge < -0.3 is 15.1 Å². The Balaban J connectivity index is 0.00000225. The molecule has 140 valence electrons. The summed E-state index contributed by atoms with van der Waals surface area (Å²) in [4.78, 5) is 10.0. The fourth-order valence-electron chi connectivity index (χ4n) is 3.90. The molecule has 0 spiro atoms. The summed E-state index contributed by atoms with van der Waals surface area (Å²) >= 11 is 0. The highest BCUT2D eigenvalue weighted by molar-refractivity contribution is 14.0. The van der Waals surface area contributed by atoms with Gasteiger partial charge >= 0.3 is 0 Å². The van der Waals surface area contributed by atoms with Crippen molar-refractivity contribution in [3.8, 4) is 0 Å². The molecule has 3 rings (SSSR count). The maximum absolute atomic E-state index is 4.99. The average molecular weight is 456 g/mol. The molecule has 1 aromatic rings. The van der Waals surface area contributed by atoms with Gasteiger partial charge in [-0.15, -0.1) is 24.0 Å². The van der Waals surface area contributed by atoms with E-state index in [0.29, 0.717) is 0 Å². The first-order chi connectivity index (χ1) is 11.8. The Labute approximate surface area is 170 Å². The zero-order valence-corrected chi connectivity index (χ0v) is 18.0. The van der Waals surface area contributed by atoms with Gasteiger partial charge in [0.2, 0.25) is 0 Å². The van der Waals surface area contributed by atoms with Crippen LogP contribution in [0.25, 0.3) is 0 Å². The fourth-order valence-corrected chi connectivity index (χ4v) is 3.90. The van der Waals surface area contributed by atoms with Crippen LogP contribution >= 0.6 is 24.0 Å². The van der Waals surface area contributed by atoms with Crippen molar-refractivity contribution in [3.63, 3.8) is 0 Å². The lowest BCUT2D eigenvalue weighted by Crippen LogP contribution is -2.44. The molecule has 4 nitrogen and oxygen atoms in total. The van der Waals surface area contributed by atoms with E-state index in [1.54, 1.807) is 0 Å². The van der Waals surface area contributed by atoms with Gasteiger partial charge in [-0.05, 0) is 56.3 Å². The minimum atomic E-state index is 0. The second kappa shape index (κ2) is 10.4. The van der Waals surface area contributed by atoms with E-state index in [-0.39, 0.29) is 24.0 Å². The molecule has 0 radical (unpaired) electrons. The number of halogens is 1. The lowest BCUT2D eigenvalue weighted by atomic mass is 10.0. The van der Waals surface area contributed by atoms with Gasteiger partial charge in [-0.2, -0.15) is 0 Å². The van der Waals surface area contributed by atoms with Crippen molar-refractivity contribution >= 4 is 29.9 Å². The van der Waals surface area contributed by atoms with E-state index >= 15 is 0 Å². The Hall–Kier alpha value is -0.820. The van der Waals surface area contributed by atoms with Crippen LogP contribution in [0.3, 0.4) is 0 Å². The lowest BCUT2D eigenvalue weighted by molar-refractivity contribution is 0.325. The van der Waals surface area contributed by atoms with Crippen LogP contribution in [0, 0.1) is 5.92 Å². The second-order valence-electron chi connectivity index (χ2n) is 7.09. The maximum Gasteiger partial charge on any atom is 0.194 e. The van der Waals surface area contributed by atoms with Crippen LogP contribution in [0.1, 0.15) is 37.8 Å². The molecule has 25 heavy (non-hydrogen) atoms. The van der Waals surface area contributed by atoms with Crippen molar-refractivity contribution in [2.75, 3.05) is 39.3 Å². The van der Waals surface area contributed by atoms with Crippen molar-refractivity contribution in [1.29, 1.82) is 0 Å². The quantitative estimate of drug-likeness (QED) is 0.419. The topological polar surface area (TPSA) is 30.9 Å². The van der Waals surface area contributed by atoms with Crippen LogP contribution in [0.2, 0.25) is 0 Å². The number of aliphatic imine (C=N–C) groups is 1. The zero-order chi connectivity index (χ0) is 16.8. The van der Waals surface area contributed by atoms with Crippen LogP contribution in [0.15, 0.2) is 29.3 Å². The average Bonchev–Trinajstić information content (AvgIpc) is 3.06. The standard InChI is InChI=1S/C20H32N4.HI/c1-3-11-23-12-9-17(15-23)14-22-20(21-4-2)24-13-10-18-7-5-6-8-19(18)16-24;/h5-8,17H,3-4,9-16H2,1-2H3,(H,21,22);1H. The van der Waals surface area contributed by atoms with Crippen LogP contribution in [-0.4, -0.2) is 55.0 Å². The first-order valence-electron chi connectivity index (χ1n) is 9.62. The number of hydrogen-bond acceptors (Lipinski definition) is 2. The normalized spacial score (nSPS) is 21.0. The highest BCUT2D eigenvalue weighted by Crippen LogP contribution is 2.20. The molecule has 0 saturated carbocycles. The number of rotatable bonds is 5. The van der Waals surface area contributed by atoms with Crippen LogP contribution in [0.5, 0.6) is 0 Å². The second-order valence-corrected chi connectivity index (χ2v) is 7.09. The number of benzene rings is 1. The summed E-state index contributed by atoms with van der Waals surface area (Å²) in [6.45, 7) is 12.1. The Kier molecular flexibility index (Phi) is 8.49. The Morgan fingerprint density at radius 3 is 2.76 bits per heavy atom. The first kappa shape index (κ1) is 20.5. The van der Waals surface area contributed by atoms with Gasteiger partial charge in [0.05, 0.1) is 0 Å². The third-order valence-electron chi connectivity index (χ3n) is 5.17. The lowest BCUT2D eigenvalue weighted by Gasteiger charge is -2.32. The number of fused-ring (bicyclic) bond motifs is 1. The maximum atomic E-state index is 4.99. The SMILES string of the molecule is CCCN1CCC(CN=C(NCC)N2CCc3ccccc3C2)C1.I. The van der Waals surface area contributed by atoms with Gasteiger partial charge in [-0.1, -0.05) is 31.2 Å². The van der Waals surface area contributed by atoms with E-state index < -0.39 is 0 Å². The summed E-state index contributed by atoms with van der Waals surface area (Å²) in [5.41, 5.74) is 2.94. The van der Waals surface area contributed by atoms with Gasteiger partial charge in [-0.3, -0.25) is 4.99 Å². The smallest absolute Gasteiger partial charge is 0.194 e. The van der Waals surface area contributed by atoms with Crippen LogP contribution in [0.4, 0.5) is 0 Å². The minimum Gasteiger partial charge on any atom is -0.357 e. The Bertz CT molecular complexity index is 560.